The number of benzene rings is 3. The Morgan fingerprint density at radius 1 is 1.00 bits per heavy atom. The van der Waals surface area contributed by atoms with Gasteiger partial charge in [0, 0.05) is 34.7 Å². The molecule has 1 spiro atoms. The highest BCUT2D eigenvalue weighted by atomic mass is 35.5. The molecule has 3 aliphatic rings. The fourth-order valence-electron chi connectivity index (χ4n) is 10.0. The molecule has 7 rings (SSSR count). The molecule has 1 saturated carbocycles. The van der Waals surface area contributed by atoms with Crippen molar-refractivity contribution in [2.75, 3.05) is 38.7 Å². The van der Waals surface area contributed by atoms with Crippen LogP contribution in [0.1, 0.15) is 106 Å². The van der Waals surface area contributed by atoms with Crippen LogP contribution in [0.5, 0.6) is 11.5 Å². The SMILES string of the molecule is C[C@@H](COc1ccnc2c1[C@H](C)CCC2)C[C@H]1Cc2ccc(OCCCN(C)CCCc3ccccc3)cc2C12CCC(Nc1cccc(Cl)c1)(C(=O)O)CC2. The molecule has 1 heterocycles. The minimum Gasteiger partial charge on any atom is -0.494 e. The minimum atomic E-state index is -1.06. The lowest BCUT2D eigenvalue weighted by atomic mass is 9.59. The Kier molecular flexibility index (Phi) is 12.9. The van der Waals surface area contributed by atoms with Crippen molar-refractivity contribution in [2.45, 2.75) is 108 Å². The summed E-state index contributed by atoms with van der Waals surface area (Å²) in [6.07, 6.45) is 13.1. The Morgan fingerprint density at radius 3 is 2.59 bits per heavy atom. The second-order valence-corrected chi connectivity index (χ2v) is 17.5. The topological polar surface area (TPSA) is 83.9 Å². The van der Waals surface area contributed by atoms with Crippen LogP contribution in [-0.4, -0.2) is 59.8 Å². The standard InChI is InChI=1S/C48H60ClN3O4/c1-34(33-56-44-20-25-50-43-17-7-11-35(2)45(43)44)29-38-30-37-18-19-41(55-28-10-27-52(3)26-9-14-36-12-5-4-6-13-36)32-42(37)47(38)21-23-48(24-22-47,46(53)54)51-40-16-8-15-39(49)31-40/h4-6,8,12-13,15-16,18-20,25,31-32,34-35,38,51H,7,9-11,14,17,21-24,26-30,33H2,1-3H3,(H,53,54)/t34-,35-,38+,47?,48?/m1/s1. The van der Waals surface area contributed by atoms with Crippen LogP contribution in [0.15, 0.2) is 85.1 Å². The molecule has 0 amide bonds. The second-order valence-electron chi connectivity index (χ2n) is 17.1. The lowest BCUT2D eigenvalue weighted by molar-refractivity contribution is -0.144. The van der Waals surface area contributed by atoms with Crippen molar-refractivity contribution in [3.05, 3.63) is 118 Å². The maximum absolute atomic E-state index is 13.1. The lowest BCUT2D eigenvalue weighted by Crippen LogP contribution is -2.53. The molecule has 3 atom stereocenters. The summed E-state index contributed by atoms with van der Waals surface area (Å²) >= 11 is 6.32. The first-order chi connectivity index (χ1) is 27.1. The van der Waals surface area contributed by atoms with Crippen LogP contribution in [0.25, 0.3) is 0 Å². The van der Waals surface area contributed by atoms with E-state index in [1.807, 2.05) is 36.5 Å². The van der Waals surface area contributed by atoms with Crippen LogP contribution < -0.4 is 14.8 Å². The molecule has 298 valence electrons. The lowest BCUT2D eigenvalue weighted by Gasteiger charge is -2.47. The van der Waals surface area contributed by atoms with Gasteiger partial charge < -0.3 is 24.8 Å². The second kappa shape index (κ2) is 18.0. The van der Waals surface area contributed by atoms with Gasteiger partial charge in [-0.3, -0.25) is 4.98 Å². The van der Waals surface area contributed by atoms with E-state index in [0.717, 1.165) is 81.6 Å². The summed E-state index contributed by atoms with van der Waals surface area (Å²) in [6.45, 7) is 7.97. The van der Waals surface area contributed by atoms with Crippen LogP contribution in [0.4, 0.5) is 5.69 Å². The quantitative estimate of drug-likeness (QED) is 0.103. The third kappa shape index (κ3) is 9.21. The molecule has 2 N–H and O–H groups in total. The first-order valence-electron chi connectivity index (χ1n) is 21.0. The van der Waals surface area contributed by atoms with Crippen LogP contribution >= 0.6 is 11.6 Å². The summed E-state index contributed by atoms with van der Waals surface area (Å²) in [5.41, 5.74) is 6.15. The van der Waals surface area contributed by atoms with Crippen LogP contribution in [0.3, 0.4) is 0 Å². The zero-order valence-corrected chi connectivity index (χ0v) is 34.3. The summed E-state index contributed by atoms with van der Waals surface area (Å²) < 4.78 is 13.1. The zero-order chi connectivity index (χ0) is 39.1. The maximum Gasteiger partial charge on any atom is 0.329 e. The van der Waals surface area contributed by atoms with E-state index in [0.29, 0.717) is 48.8 Å². The van der Waals surface area contributed by atoms with Gasteiger partial charge in [-0.2, -0.15) is 0 Å². The van der Waals surface area contributed by atoms with E-state index in [1.54, 1.807) is 0 Å². The normalized spacial score (nSPS) is 23.4. The molecule has 1 fully saturated rings. The van der Waals surface area contributed by atoms with Gasteiger partial charge in [-0.1, -0.05) is 67.9 Å². The number of pyridine rings is 1. The minimum absolute atomic E-state index is 0.138. The molecule has 7 nitrogen and oxygen atoms in total. The first kappa shape index (κ1) is 40.1. The largest absolute Gasteiger partial charge is 0.494 e. The summed E-state index contributed by atoms with van der Waals surface area (Å²) in [5, 5.41) is 14.7. The number of carboxylic acid groups (broad SMARTS) is 1. The van der Waals surface area contributed by atoms with E-state index >= 15 is 0 Å². The van der Waals surface area contributed by atoms with Crippen molar-refractivity contribution in [3.8, 4) is 11.5 Å². The first-order valence-corrected chi connectivity index (χ1v) is 21.4. The molecule has 0 unspecified atom stereocenters. The molecule has 56 heavy (non-hydrogen) atoms. The number of aryl methyl sites for hydroxylation is 2. The van der Waals surface area contributed by atoms with E-state index in [-0.39, 0.29) is 5.41 Å². The van der Waals surface area contributed by atoms with Crippen molar-refractivity contribution in [1.29, 1.82) is 0 Å². The highest BCUT2D eigenvalue weighted by Gasteiger charge is 2.54. The Labute approximate surface area is 339 Å². The predicted octanol–water partition coefficient (Wildman–Crippen LogP) is 10.5. The Bertz CT molecular complexity index is 1930. The number of nitrogens with zero attached hydrogens (tertiary/aromatic N) is 2. The summed E-state index contributed by atoms with van der Waals surface area (Å²) in [7, 11) is 2.20. The molecule has 4 aromatic rings. The van der Waals surface area contributed by atoms with Gasteiger partial charge in [0.1, 0.15) is 17.0 Å². The van der Waals surface area contributed by atoms with Gasteiger partial charge in [0.2, 0.25) is 0 Å². The van der Waals surface area contributed by atoms with Gasteiger partial charge in [-0.05, 0) is 167 Å². The van der Waals surface area contributed by atoms with Gasteiger partial charge in [0.25, 0.3) is 0 Å². The van der Waals surface area contributed by atoms with Gasteiger partial charge in [-0.25, -0.2) is 4.79 Å². The third-order valence-corrected chi connectivity index (χ3v) is 13.3. The highest BCUT2D eigenvalue weighted by molar-refractivity contribution is 6.30. The van der Waals surface area contributed by atoms with E-state index in [1.165, 1.54) is 40.8 Å². The fourth-order valence-corrected chi connectivity index (χ4v) is 10.2. The summed E-state index contributed by atoms with van der Waals surface area (Å²) in [4.78, 5) is 20.1. The van der Waals surface area contributed by atoms with Crippen molar-refractivity contribution < 1.29 is 19.4 Å². The number of carbonyl (C=O) groups is 1. The molecular weight excluding hydrogens is 718 g/mol. The molecule has 0 saturated heterocycles. The smallest absolute Gasteiger partial charge is 0.329 e. The number of aromatic nitrogens is 1. The molecular formula is C48H60ClN3O4. The number of carboxylic acids is 1. The van der Waals surface area contributed by atoms with Crippen molar-refractivity contribution in [3.63, 3.8) is 0 Å². The van der Waals surface area contributed by atoms with E-state index < -0.39 is 11.5 Å². The van der Waals surface area contributed by atoms with Gasteiger partial charge in [0.15, 0.2) is 0 Å². The number of aliphatic carboxylic acids is 1. The number of ether oxygens (including phenoxy) is 2. The average Bonchev–Trinajstić information content (AvgIpc) is 3.48. The number of rotatable bonds is 17. The number of halogens is 1. The molecule has 8 heteroatoms. The summed E-state index contributed by atoms with van der Waals surface area (Å²) in [6, 6.07) is 26.9. The van der Waals surface area contributed by atoms with E-state index in [4.69, 9.17) is 21.1 Å². The van der Waals surface area contributed by atoms with Crippen LogP contribution in [-0.2, 0) is 29.5 Å². The van der Waals surface area contributed by atoms with E-state index in [9.17, 15) is 9.90 Å². The summed E-state index contributed by atoms with van der Waals surface area (Å²) in [5.74, 6) is 2.26. The van der Waals surface area contributed by atoms with Gasteiger partial charge in [-0.15, -0.1) is 0 Å². The van der Waals surface area contributed by atoms with Gasteiger partial charge in [0.05, 0.1) is 13.2 Å². The molecule has 0 aliphatic heterocycles. The van der Waals surface area contributed by atoms with Gasteiger partial charge >= 0.3 is 5.97 Å². The number of hydrogen-bond donors (Lipinski definition) is 2. The average molecular weight is 778 g/mol. The fraction of sp³-hybridized carbons (Fsp3) is 0.500. The Balaban J connectivity index is 1.03. The third-order valence-electron chi connectivity index (χ3n) is 13.1. The number of anilines is 1. The zero-order valence-electron chi connectivity index (χ0n) is 33.6. The Hall–Kier alpha value is -4.07. The molecule has 3 aromatic carbocycles. The number of hydrogen-bond acceptors (Lipinski definition) is 6. The monoisotopic (exact) mass is 777 g/mol. The van der Waals surface area contributed by atoms with E-state index in [2.05, 4.69) is 84.6 Å². The predicted molar refractivity (Wildman–Crippen MR) is 226 cm³/mol. The van der Waals surface area contributed by atoms with Crippen molar-refractivity contribution >= 4 is 23.3 Å². The maximum atomic E-state index is 13.1. The van der Waals surface area contributed by atoms with Crippen molar-refractivity contribution in [2.24, 2.45) is 11.8 Å². The van der Waals surface area contributed by atoms with Crippen LogP contribution in [0, 0.1) is 11.8 Å². The number of nitrogens with one attached hydrogen (secondary N) is 1. The number of fused-ring (bicyclic) bond motifs is 3. The molecule has 3 aliphatic carbocycles. The molecule has 1 aromatic heterocycles. The molecule has 0 bridgehead atoms. The van der Waals surface area contributed by atoms with Crippen molar-refractivity contribution in [1.82, 2.24) is 9.88 Å². The molecule has 0 radical (unpaired) electrons. The van der Waals surface area contributed by atoms with Crippen LogP contribution in [0.2, 0.25) is 5.02 Å². The highest BCUT2D eigenvalue weighted by Crippen LogP contribution is 2.57. The Morgan fingerprint density at radius 2 is 1.80 bits per heavy atom.